The van der Waals surface area contributed by atoms with E-state index < -0.39 is 23.5 Å². The summed E-state index contributed by atoms with van der Waals surface area (Å²) in [4.78, 5) is 25.0. The summed E-state index contributed by atoms with van der Waals surface area (Å²) in [5, 5.41) is 18.6. The van der Waals surface area contributed by atoms with Crippen LogP contribution in [-0.2, 0) is 0 Å². The smallest absolute Gasteiger partial charge is 0.449 e. The molecule has 1 aliphatic carbocycles. The summed E-state index contributed by atoms with van der Waals surface area (Å²) < 4.78 is 20.9. The van der Waals surface area contributed by atoms with E-state index in [4.69, 9.17) is 5.11 Å². The molecule has 1 saturated carbocycles. The van der Waals surface area contributed by atoms with Crippen molar-refractivity contribution >= 4 is 22.7 Å². The fourth-order valence-corrected chi connectivity index (χ4v) is 3.36. The topological polar surface area (TPSA) is 92.0 Å². The minimum absolute atomic E-state index is 0.0895. The van der Waals surface area contributed by atoms with Crippen molar-refractivity contribution in [1.29, 1.82) is 0 Å². The van der Waals surface area contributed by atoms with Gasteiger partial charge in [-0.15, -0.1) is 0 Å². The Kier molecular flexibility index (Phi) is 3.64. The standard InChI is InChI=1S/C17H17FN2O5/c18-12-5-11-13(6-14(12)19-4-3-10(21)7-19)20(9-1-2-9)8-15(16(11)22)25-17(23)24/h5-6,8-10,21H,1-4,7H2,(H,23,24)/t10-/m0/s1. The van der Waals surface area contributed by atoms with E-state index in [1.165, 1.54) is 6.20 Å². The van der Waals surface area contributed by atoms with Crippen LogP contribution in [0.15, 0.2) is 23.1 Å². The minimum atomic E-state index is -1.58. The van der Waals surface area contributed by atoms with Crippen LogP contribution in [0, 0.1) is 5.82 Å². The lowest BCUT2D eigenvalue weighted by Crippen LogP contribution is -2.23. The normalized spacial score (nSPS) is 20.2. The lowest BCUT2D eigenvalue weighted by atomic mass is 10.1. The highest BCUT2D eigenvalue weighted by atomic mass is 19.1. The van der Waals surface area contributed by atoms with Gasteiger partial charge in [0.25, 0.3) is 0 Å². The number of pyridine rings is 1. The van der Waals surface area contributed by atoms with Gasteiger partial charge in [0, 0.05) is 19.1 Å². The fraction of sp³-hybridized carbons (Fsp3) is 0.412. The molecule has 1 aromatic heterocycles. The maximum absolute atomic E-state index is 14.6. The Morgan fingerprint density at radius 1 is 1.28 bits per heavy atom. The van der Waals surface area contributed by atoms with Crippen LogP contribution in [0.5, 0.6) is 5.75 Å². The number of anilines is 1. The number of fused-ring (bicyclic) bond motifs is 1. The third-order valence-corrected chi connectivity index (χ3v) is 4.71. The Balaban J connectivity index is 1.90. The van der Waals surface area contributed by atoms with Crippen LogP contribution in [0.4, 0.5) is 14.9 Å². The van der Waals surface area contributed by atoms with Crippen LogP contribution in [0.25, 0.3) is 10.9 Å². The molecule has 2 heterocycles. The first-order chi connectivity index (χ1) is 11.9. The average molecular weight is 348 g/mol. The van der Waals surface area contributed by atoms with Crippen LogP contribution in [0.1, 0.15) is 25.3 Å². The highest BCUT2D eigenvalue weighted by Crippen LogP contribution is 2.39. The lowest BCUT2D eigenvalue weighted by molar-refractivity contribution is 0.143. The summed E-state index contributed by atoms with van der Waals surface area (Å²) >= 11 is 0. The third kappa shape index (κ3) is 2.82. The van der Waals surface area contributed by atoms with Crippen molar-refractivity contribution in [3.63, 3.8) is 0 Å². The van der Waals surface area contributed by atoms with Gasteiger partial charge in [-0.05, 0) is 31.4 Å². The number of benzene rings is 1. The number of nitrogens with zero attached hydrogens (tertiary/aromatic N) is 2. The van der Waals surface area contributed by atoms with E-state index in [0.29, 0.717) is 30.7 Å². The molecule has 1 aliphatic heterocycles. The number of aliphatic hydroxyl groups excluding tert-OH is 1. The van der Waals surface area contributed by atoms with Crippen molar-refractivity contribution in [2.75, 3.05) is 18.0 Å². The molecule has 0 unspecified atom stereocenters. The first-order valence-corrected chi connectivity index (χ1v) is 8.16. The van der Waals surface area contributed by atoms with Gasteiger partial charge in [0.05, 0.1) is 28.9 Å². The molecule has 2 aliphatic rings. The van der Waals surface area contributed by atoms with E-state index >= 15 is 0 Å². The molecular formula is C17H17FN2O5. The second kappa shape index (κ2) is 5.73. The molecular weight excluding hydrogens is 331 g/mol. The minimum Gasteiger partial charge on any atom is -0.449 e. The number of carboxylic acid groups (broad SMARTS) is 1. The first-order valence-electron chi connectivity index (χ1n) is 8.16. The molecule has 8 heteroatoms. The Morgan fingerprint density at radius 3 is 2.64 bits per heavy atom. The van der Waals surface area contributed by atoms with Gasteiger partial charge in [-0.2, -0.15) is 0 Å². The Hall–Kier alpha value is -2.61. The van der Waals surface area contributed by atoms with Gasteiger partial charge < -0.3 is 24.4 Å². The van der Waals surface area contributed by atoms with Crippen molar-refractivity contribution in [3.05, 3.63) is 34.4 Å². The van der Waals surface area contributed by atoms with Crippen molar-refractivity contribution in [2.45, 2.75) is 31.4 Å². The zero-order chi connectivity index (χ0) is 17.7. The van der Waals surface area contributed by atoms with Gasteiger partial charge >= 0.3 is 6.16 Å². The van der Waals surface area contributed by atoms with Crippen LogP contribution in [0.2, 0.25) is 0 Å². The number of rotatable bonds is 3. The summed E-state index contributed by atoms with van der Waals surface area (Å²) in [5.74, 6) is -0.899. The van der Waals surface area contributed by atoms with Gasteiger partial charge in [-0.3, -0.25) is 4.79 Å². The molecule has 2 N–H and O–H groups in total. The first kappa shape index (κ1) is 15.9. The summed E-state index contributed by atoms with van der Waals surface area (Å²) in [5.41, 5.74) is 0.231. The highest BCUT2D eigenvalue weighted by Gasteiger charge is 2.28. The van der Waals surface area contributed by atoms with Gasteiger partial charge in [0.2, 0.25) is 5.43 Å². The third-order valence-electron chi connectivity index (χ3n) is 4.71. The Morgan fingerprint density at radius 2 is 2.04 bits per heavy atom. The molecule has 7 nitrogen and oxygen atoms in total. The predicted molar refractivity (Wildman–Crippen MR) is 87.9 cm³/mol. The van der Waals surface area contributed by atoms with Crippen LogP contribution >= 0.6 is 0 Å². The largest absolute Gasteiger partial charge is 0.511 e. The van der Waals surface area contributed by atoms with Gasteiger partial charge in [0.1, 0.15) is 5.82 Å². The van der Waals surface area contributed by atoms with E-state index in [2.05, 4.69) is 4.74 Å². The number of ether oxygens (including phenoxy) is 1. The van der Waals surface area contributed by atoms with E-state index in [1.807, 2.05) is 0 Å². The van der Waals surface area contributed by atoms with Crippen molar-refractivity contribution in [2.24, 2.45) is 0 Å². The second-order valence-electron chi connectivity index (χ2n) is 6.54. The number of halogens is 1. The molecule has 0 spiro atoms. The molecule has 1 atom stereocenters. The Labute approximate surface area is 141 Å². The predicted octanol–water partition coefficient (Wildman–Crippen LogP) is 2.10. The molecule has 1 aromatic carbocycles. The van der Waals surface area contributed by atoms with E-state index in [1.54, 1.807) is 15.5 Å². The number of hydrogen-bond acceptors (Lipinski definition) is 5. The number of hydrogen-bond donors (Lipinski definition) is 2. The Bertz CT molecular complexity index is 921. The zero-order valence-corrected chi connectivity index (χ0v) is 13.3. The molecule has 0 bridgehead atoms. The van der Waals surface area contributed by atoms with Crippen LogP contribution in [-0.4, -0.2) is 40.1 Å². The molecule has 0 amide bonds. The quantitative estimate of drug-likeness (QED) is 0.826. The number of β-amino-alcohol motifs (C(OH)–C–C–N with tert-alkyl or cyclic N) is 1. The number of aromatic nitrogens is 1. The van der Waals surface area contributed by atoms with Gasteiger partial charge in [-0.25, -0.2) is 9.18 Å². The molecule has 1 saturated heterocycles. The highest BCUT2D eigenvalue weighted by molar-refractivity contribution is 5.85. The van der Waals surface area contributed by atoms with E-state index in [9.17, 15) is 19.1 Å². The summed E-state index contributed by atoms with van der Waals surface area (Å²) in [6.07, 6.45) is 1.68. The van der Waals surface area contributed by atoms with Gasteiger partial charge in [0.15, 0.2) is 5.75 Å². The SMILES string of the molecule is O=C(O)Oc1cn(C2CC2)c2cc(N3CC[C@H](O)C3)c(F)cc2c1=O. The molecule has 2 fully saturated rings. The van der Waals surface area contributed by atoms with Crippen LogP contribution in [0.3, 0.4) is 0 Å². The van der Waals surface area contributed by atoms with Crippen molar-refractivity contribution in [1.82, 2.24) is 4.57 Å². The van der Waals surface area contributed by atoms with Gasteiger partial charge in [-0.1, -0.05) is 0 Å². The second-order valence-corrected chi connectivity index (χ2v) is 6.54. The lowest BCUT2D eigenvalue weighted by Gasteiger charge is -2.20. The maximum atomic E-state index is 14.6. The molecule has 4 rings (SSSR count). The molecule has 0 radical (unpaired) electrons. The molecule has 2 aromatic rings. The molecule has 25 heavy (non-hydrogen) atoms. The van der Waals surface area contributed by atoms with Crippen molar-refractivity contribution in [3.8, 4) is 5.75 Å². The monoisotopic (exact) mass is 348 g/mol. The maximum Gasteiger partial charge on any atom is 0.511 e. The summed E-state index contributed by atoms with van der Waals surface area (Å²) in [6, 6.07) is 2.87. The fourth-order valence-electron chi connectivity index (χ4n) is 3.36. The summed E-state index contributed by atoms with van der Waals surface area (Å²) in [6.45, 7) is 0.883. The average Bonchev–Trinajstić information content (AvgIpc) is 3.31. The number of aliphatic hydroxyl groups is 1. The van der Waals surface area contributed by atoms with Crippen LogP contribution < -0.4 is 15.1 Å². The number of carbonyl (C=O) groups is 1. The zero-order valence-electron chi connectivity index (χ0n) is 13.3. The van der Waals surface area contributed by atoms with E-state index in [0.717, 1.165) is 18.9 Å². The van der Waals surface area contributed by atoms with Crippen molar-refractivity contribution < 1.29 is 24.1 Å². The van der Waals surface area contributed by atoms with E-state index in [-0.39, 0.29) is 17.2 Å². The summed E-state index contributed by atoms with van der Waals surface area (Å²) in [7, 11) is 0. The molecule has 132 valence electrons.